The predicted octanol–water partition coefficient (Wildman–Crippen LogP) is 2.35. The van der Waals surface area contributed by atoms with Gasteiger partial charge >= 0.3 is 5.97 Å². The van der Waals surface area contributed by atoms with Gasteiger partial charge in [0.1, 0.15) is 11.8 Å². The Labute approximate surface area is 91.3 Å². The molecule has 15 heavy (non-hydrogen) atoms. The van der Waals surface area contributed by atoms with Crippen molar-refractivity contribution in [1.29, 1.82) is 5.26 Å². The molecule has 0 atom stereocenters. The topological polar surface area (TPSA) is 74.0 Å². The smallest absolute Gasteiger partial charge is 0.354 e. The number of pyridine rings is 1. The molecular weight excluding hydrogens is 274 g/mol. The van der Waals surface area contributed by atoms with E-state index in [9.17, 15) is 13.6 Å². The molecule has 1 N–H and O–H groups in total. The lowest BCUT2D eigenvalue weighted by atomic mass is 10.2. The Hall–Kier alpha value is -1.55. The summed E-state index contributed by atoms with van der Waals surface area (Å²) in [4.78, 5) is 13.9. The predicted molar refractivity (Wildman–Crippen MR) is 48.6 cm³/mol. The molecule has 4 nitrogen and oxygen atoms in total. The van der Waals surface area contributed by atoms with Crippen molar-refractivity contribution >= 4 is 21.9 Å². The van der Waals surface area contributed by atoms with E-state index in [0.717, 1.165) is 6.07 Å². The summed E-state index contributed by atoms with van der Waals surface area (Å²) in [7, 11) is 0. The molecule has 0 spiro atoms. The van der Waals surface area contributed by atoms with E-state index in [2.05, 4.69) is 20.9 Å². The molecule has 1 heterocycles. The maximum Gasteiger partial charge on any atom is 0.354 e. The summed E-state index contributed by atoms with van der Waals surface area (Å²) in [5, 5.41) is 17.1. The SMILES string of the molecule is N#Cc1nc(C(=O)O)cc(C(F)F)c1Br. The molecule has 0 saturated heterocycles. The molecule has 0 aliphatic carbocycles. The number of carboxylic acid groups (broad SMARTS) is 1. The van der Waals surface area contributed by atoms with Gasteiger partial charge in [-0.15, -0.1) is 0 Å². The molecule has 0 saturated carbocycles. The van der Waals surface area contributed by atoms with E-state index in [4.69, 9.17) is 10.4 Å². The van der Waals surface area contributed by atoms with E-state index in [0.29, 0.717) is 0 Å². The Kier molecular flexibility index (Phi) is 3.31. The van der Waals surface area contributed by atoms with E-state index < -0.39 is 23.7 Å². The highest BCUT2D eigenvalue weighted by molar-refractivity contribution is 9.10. The van der Waals surface area contributed by atoms with Crippen LogP contribution in [0.25, 0.3) is 0 Å². The van der Waals surface area contributed by atoms with Gasteiger partial charge in [-0.2, -0.15) is 5.26 Å². The zero-order valence-corrected chi connectivity index (χ0v) is 8.62. The molecule has 78 valence electrons. The van der Waals surface area contributed by atoms with E-state index in [1.54, 1.807) is 0 Å². The molecule has 0 bridgehead atoms. The fourth-order valence-electron chi connectivity index (χ4n) is 0.892. The van der Waals surface area contributed by atoms with Gasteiger partial charge in [-0.3, -0.25) is 0 Å². The van der Waals surface area contributed by atoms with Crippen molar-refractivity contribution in [2.24, 2.45) is 0 Å². The van der Waals surface area contributed by atoms with Crippen LogP contribution in [-0.2, 0) is 0 Å². The first-order chi connectivity index (χ1) is 6.97. The highest BCUT2D eigenvalue weighted by Crippen LogP contribution is 2.29. The Morgan fingerprint density at radius 1 is 1.67 bits per heavy atom. The summed E-state index contributed by atoms with van der Waals surface area (Å²) < 4.78 is 24.7. The average molecular weight is 277 g/mol. The van der Waals surface area contributed by atoms with E-state index in [1.165, 1.54) is 6.07 Å². The van der Waals surface area contributed by atoms with Crippen LogP contribution in [-0.4, -0.2) is 16.1 Å². The fourth-order valence-corrected chi connectivity index (χ4v) is 1.36. The second kappa shape index (κ2) is 4.31. The Bertz CT molecular complexity index is 457. The van der Waals surface area contributed by atoms with Gasteiger partial charge in [-0.05, 0) is 22.0 Å². The number of carbonyl (C=O) groups is 1. The summed E-state index contributed by atoms with van der Waals surface area (Å²) >= 11 is 2.77. The molecule has 0 fully saturated rings. The number of hydrogen-bond donors (Lipinski definition) is 1. The van der Waals surface area contributed by atoms with Crippen LogP contribution in [0.1, 0.15) is 28.2 Å². The summed E-state index contributed by atoms with van der Waals surface area (Å²) in [5.74, 6) is -1.46. The number of aromatic carboxylic acids is 1. The zero-order chi connectivity index (χ0) is 11.6. The van der Waals surface area contributed by atoms with Gasteiger partial charge in [0.25, 0.3) is 6.43 Å². The van der Waals surface area contributed by atoms with E-state index in [1.807, 2.05) is 0 Å². The second-order valence-corrected chi connectivity index (χ2v) is 3.27. The highest BCUT2D eigenvalue weighted by Gasteiger charge is 2.19. The minimum absolute atomic E-state index is 0.176. The largest absolute Gasteiger partial charge is 0.477 e. The summed E-state index contributed by atoms with van der Waals surface area (Å²) in [6.07, 6.45) is -2.87. The monoisotopic (exact) mass is 276 g/mol. The van der Waals surface area contributed by atoms with Gasteiger partial charge in [0.05, 0.1) is 4.47 Å². The molecule has 0 radical (unpaired) electrons. The number of hydrogen-bond acceptors (Lipinski definition) is 3. The normalized spacial score (nSPS) is 10.1. The Morgan fingerprint density at radius 2 is 2.27 bits per heavy atom. The van der Waals surface area contributed by atoms with E-state index in [-0.39, 0.29) is 10.2 Å². The lowest BCUT2D eigenvalue weighted by Gasteiger charge is -2.05. The molecule has 1 aromatic rings. The molecule has 0 aromatic carbocycles. The van der Waals surface area contributed by atoms with Gasteiger partial charge < -0.3 is 5.11 Å². The first-order valence-electron chi connectivity index (χ1n) is 3.59. The van der Waals surface area contributed by atoms with Gasteiger partial charge in [-0.1, -0.05) is 0 Å². The van der Waals surface area contributed by atoms with Crippen molar-refractivity contribution in [3.05, 3.63) is 27.5 Å². The quantitative estimate of drug-likeness (QED) is 0.900. The van der Waals surface area contributed by atoms with Crippen molar-refractivity contribution in [3.63, 3.8) is 0 Å². The summed E-state index contributed by atoms with van der Waals surface area (Å²) in [6, 6.07) is 2.27. The number of nitrogens with zero attached hydrogens (tertiary/aromatic N) is 2. The summed E-state index contributed by atoms with van der Waals surface area (Å²) in [6.45, 7) is 0. The number of aromatic nitrogens is 1. The molecule has 1 rings (SSSR count). The molecular formula is C8H3BrF2N2O2. The molecule has 0 amide bonds. The van der Waals surface area contributed by atoms with Gasteiger partial charge in [0.2, 0.25) is 0 Å². The van der Waals surface area contributed by atoms with Crippen molar-refractivity contribution < 1.29 is 18.7 Å². The van der Waals surface area contributed by atoms with Crippen LogP contribution in [0.15, 0.2) is 10.5 Å². The van der Waals surface area contributed by atoms with Crippen LogP contribution < -0.4 is 0 Å². The van der Waals surface area contributed by atoms with Crippen LogP contribution in [0.5, 0.6) is 0 Å². The lowest BCUT2D eigenvalue weighted by molar-refractivity contribution is 0.0689. The minimum Gasteiger partial charge on any atom is -0.477 e. The van der Waals surface area contributed by atoms with Gasteiger partial charge in [0, 0.05) is 5.56 Å². The Balaban J connectivity index is 3.47. The third-order valence-corrected chi connectivity index (χ3v) is 2.38. The first-order valence-corrected chi connectivity index (χ1v) is 4.38. The van der Waals surface area contributed by atoms with Gasteiger partial charge in [-0.25, -0.2) is 18.6 Å². The fraction of sp³-hybridized carbons (Fsp3) is 0.125. The molecule has 0 unspecified atom stereocenters. The molecule has 7 heteroatoms. The maximum atomic E-state index is 12.4. The molecule has 0 aliphatic rings. The number of halogens is 3. The lowest BCUT2D eigenvalue weighted by Crippen LogP contribution is -2.05. The first kappa shape index (κ1) is 11.5. The molecule has 1 aromatic heterocycles. The third-order valence-electron chi connectivity index (χ3n) is 1.55. The Morgan fingerprint density at radius 3 is 2.67 bits per heavy atom. The van der Waals surface area contributed by atoms with Crippen LogP contribution in [0.2, 0.25) is 0 Å². The third kappa shape index (κ3) is 2.27. The second-order valence-electron chi connectivity index (χ2n) is 2.48. The standard InChI is InChI=1S/C8H3BrF2N2O2/c9-6-3(7(10)11)1-4(8(14)15)13-5(6)2-12/h1,7H,(H,14,15). The van der Waals surface area contributed by atoms with Crippen molar-refractivity contribution in [1.82, 2.24) is 4.98 Å². The van der Waals surface area contributed by atoms with Crippen molar-refractivity contribution in [2.45, 2.75) is 6.43 Å². The van der Waals surface area contributed by atoms with E-state index >= 15 is 0 Å². The maximum absolute atomic E-state index is 12.4. The van der Waals surface area contributed by atoms with Crippen molar-refractivity contribution in [3.8, 4) is 6.07 Å². The van der Waals surface area contributed by atoms with Crippen LogP contribution >= 0.6 is 15.9 Å². The number of rotatable bonds is 2. The minimum atomic E-state index is -2.87. The average Bonchev–Trinajstić information content (AvgIpc) is 2.17. The molecule has 0 aliphatic heterocycles. The number of nitriles is 1. The van der Waals surface area contributed by atoms with Crippen LogP contribution in [0.4, 0.5) is 8.78 Å². The highest BCUT2D eigenvalue weighted by atomic mass is 79.9. The van der Waals surface area contributed by atoms with Crippen LogP contribution in [0.3, 0.4) is 0 Å². The van der Waals surface area contributed by atoms with Crippen LogP contribution in [0, 0.1) is 11.3 Å². The number of alkyl halides is 2. The zero-order valence-electron chi connectivity index (χ0n) is 7.04. The van der Waals surface area contributed by atoms with Gasteiger partial charge in [0.15, 0.2) is 5.69 Å². The summed E-state index contributed by atoms with van der Waals surface area (Å²) in [5.41, 5.74) is -1.51. The number of carboxylic acids is 1. The van der Waals surface area contributed by atoms with Crippen molar-refractivity contribution in [2.75, 3.05) is 0 Å².